The normalized spacial score (nSPS) is 17.8. The van der Waals surface area contributed by atoms with E-state index in [1.54, 1.807) is 7.11 Å². The number of carbonyl (C=O) groups is 1. The van der Waals surface area contributed by atoms with Crippen LogP contribution in [-0.4, -0.2) is 38.2 Å². The minimum atomic E-state index is -0.224. The van der Waals surface area contributed by atoms with Crippen LogP contribution in [0.25, 0.3) is 0 Å². The highest BCUT2D eigenvalue weighted by Gasteiger charge is 2.35. The minimum absolute atomic E-state index is 0.0367. The molecule has 146 valence electrons. The summed E-state index contributed by atoms with van der Waals surface area (Å²) in [6.45, 7) is 4.34. The maximum absolute atomic E-state index is 11.9. The molecule has 8 heteroatoms. The molecule has 2 aromatic rings. The van der Waals surface area contributed by atoms with Crippen molar-refractivity contribution in [3.8, 4) is 23.3 Å². The third kappa shape index (κ3) is 2.79. The summed E-state index contributed by atoms with van der Waals surface area (Å²) in [5.74, 6) is 1.91. The van der Waals surface area contributed by atoms with Gasteiger partial charge in [-0.25, -0.2) is 0 Å². The number of hydrogen-bond acceptors (Lipinski definition) is 8. The first-order valence-electron chi connectivity index (χ1n) is 8.96. The molecule has 28 heavy (non-hydrogen) atoms. The molecule has 0 amide bonds. The lowest BCUT2D eigenvalue weighted by Gasteiger charge is -2.36. The van der Waals surface area contributed by atoms with Gasteiger partial charge < -0.3 is 19.5 Å². The Balaban J connectivity index is 1.82. The van der Waals surface area contributed by atoms with E-state index in [-0.39, 0.29) is 18.7 Å². The van der Waals surface area contributed by atoms with E-state index >= 15 is 0 Å². The number of ketones is 1. The van der Waals surface area contributed by atoms with E-state index in [4.69, 9.17) is 14.2 Å². The molecule has 0 bridgehead atoms. The third-order valence-corrected chi connectivity index (χ3v) is 6.57. The van der Waals surface area contributed by atoms with Crippen molar-refractivity contribution in [1.82, 2.24) is 4.90 Å². The number of nitriles is 1. The van der Waals surface area contributed by atoms with Crippen molar-refractivity contribution in [2.75, 3.05) is 32.8 Å². The molecular formula is C20H21N3O4S. The zero-order valence-electron chi connectivity index (χ0n) is 16.2. The first-order valence-corrected chi connectivity index (χ1v) is 9.78. The molecule has 0 aliphatic carbocycles. The van der Waals surface area contributed by atoms with Gasteiger partial charge in [-0.2, -0.15) is 5.26 Å². The van der Waals surface area contributed by atoms with Crippen molar-refractivity contribution in [3.63, 3.8) is 0 Å². The molecule has 1 aromatic carbocycles. The molecule has 4 rings (SSSR count). The van der Waals surface area contributed by atoms with Crippen LogP contribution in [0.4, 0.5) is 5.00 Å². The predicted octanol–water partition coefficient (Wildman–Crippen LogP) is 3.47. The molecule has 1 atom stereocenters. The number of nitrogens with one attached hydrogen (secondary N) is 1. The fraction of sp³-hybridized carbons (Fsp3) is 0.400. The van der Waals surface area contributed by atoms with Crippen molar-refractivity contribution >= 4 is 22.1 Å². The van der Waals surface area contributed by atoms with Gasteiger partial charge in [0.05, 0.1) is 17.6 Å². The maximum Gasteiger partial charge on any atom is 0.231 e. The molecule has 7 nitrogen and oxygen atoms in total. The van der Waals surface area contributed by atoms with E-state index in [0.717, 1.165) is 29.7 Å². The van der Waals surface area contributed by atoms with Crippen LogP contribution in [0, 0.1) is 18.3 Å². The van der Waals surface area contributed by atoms with Crippen molar-refractivity contribution in [2.45, 2.75) is 26.4 Å². The molecule has 0 spiro atoms. The lowest BCUT2D eigenvalue weighted by atomic mass is 9.95. The summed E-state index contributed by atoms with van der Waals surface area (Å²) in [6.07, 6.45) is 0.628. The Morgan fingerprint density at radius 3 is 2.93 bits per heavy atom. The highest BCUT2D eigenvalue weighted by molar-refractivity contribution is 7.18. The number of benzene rings is 1. The van der Waals surface area contributed by atoms with Crippen LogP contribution in [0.1, 0.15) is 45.0 Å². The number of carbonyl (C=O) groups excluding carboxylic acids is 1. The zero-order chi connectivity index (χ0) is 20.0. The number of rotatable bonds is 4. The summed E-state index contributed by atoms with van der Waals surface area (Å²) < 4.78 is 16.9. The number of ether oxygens (including phenoxy) is 3. The average Bonchev–Trinajstić information content (AvgIpc) is 3.26. The number of methoxy groups -OCH3 is 1. The molecular weight excluding hydrogens is 378 g/mol. The second-order valence-corrected chi connectivity index (χ2v) is 7.94. The van der Waals surface area contributed by atoms with Gasteiger partial charge in [-0.1, -0.05) is 0 Å². The number of thiophene rings is 1. The Morgan fingerprint density at radius 2 is 2.25 bits per heavy atom. The average molecular weight is 399 g/mol. The van der Waals surface area contributed by atoms with E-state index in [9.17, 15) is 10.1 Å². The first-order chi connectivity index (χ1) is 13.5. The molecule has 1 N–H and O–H groups in total. The minimum Gasteiger partial charge on any atom is -0.492 e. The Morgan fingerprint density at radius 1 is 1.46 bits per heavy atom. The van der Waals surface area contributed by atoms with Crippen LogP contribution in [0.15, 0.2) is 6.07 Å². The van der Waals surface area contributed by atoms with E-state index in [1.165, 1.54) is 18.3 Å². The van der Waals surface area contributed by atoms with Gasteiger partial charge in [0, 0.05) is 12.1 Å². The standard InChI is InChI=1S/C20H21N3O4S/c1-10-13(8-21)20(28-18(10)11(2)24)22-19-15-12(5-6-23(19)3)7-14-16(17(15)25-4)27-9-26-14/h7,19,22H,5-6,9H2,1-4H3/t19-/m0/s1. The van der Waals surface area contributed by atoms with E-state index in [2.05, 4.69) is 16.3 Å². The number of likely N-dealkylation sites (N-methyl/N-ethyl adjacent to an activating group) is 1. The summed E-state index contributed by atoms with van der Waals surface area (Å²) >= 11 is 1.32. The van der Waals surface area contributed by atoms with Crippen LogP contribution in [0.3, 0.4) is 0 Å². The smallest absolute Gasteiger partial charge is 0.231 e. The Bertz CT molecular complexity index is 1010. The summed E-state index contributed by atoms with van der Waals surface area (Å²) in [5.41, 5.74) is 3.32. The second kappa shape index (κ2) is 7.00. The molecule has 1 aromatic heterocycles. The lowest BCUT2D eigenvalue weighted by molar-refractivity contribution is 0.102. The van der Waals surface area contributed by atoms with Gasteiger partial charge in [0.1, 0.15) is 17.2 Å². The van der Waals surface area contributed by atoms with Crippen LogP contribution in [0.5, 0.6) is 17.2 Å². The van der Waals surface area contributed by atoms with Crippen LogP contribution in [-0.2, 0) is 6.42 Å². The van der Waals surface area contributed by atoms with Gasteiger partial charge in [0.15, 0.2) is 17.3 Å². The molecule has 3 heterocycles. The van der Waals surface area contributed by atoms with Crippen LogP contribution < -0.4 is 19.5 Å². The van der Waals surface area contributed by atoms with Gasteiger partial charge >= 0.3 is 0 Å². The van der Waals surface area contributed by atoms with E-state index < -0.39 is 0 Å². The topological polar surface area (TPSA) is 83.8 Å². The number of anilines is 1. The predicted molar refractivity (Wildman–Crippen MR) is 106 cm³/mol. The number of hydrogen-bond donors (Lipinski definition) is 1. The van der Waals surface area contributed by atoms with Crippen LogP contribution >= 0.6 is 11.3 Å². The maximum atomic E-state index is 11.9. The molecule has 0 saturated carbocycles. The first kappa shape index (κ1) is 18.6. The van der Waals surface area contributed by atoms with Crippen molar-refractivity contribution in [3.05, 3.63) is 33.2 Å². The van der Waals surface area contributed by atoms with Crippen molar-refractivity contribution in [2.24, 2.45) is 0 Å². The third-order valence-electron chi connectivity index (χ3n) is 5.24. The fourth-order valence-corrected chi connectivity index (χ4v) is 4.90. The van der Waals surface area contributed by atoms with E-state index in [1.807, 2.05) is 20.0 Å². The lowest BCUT2D eigenvalue weighted by Crippen LogP contribution is -2.37. The van der Waals surface area contributed by atoms with Gasteiger partial charge in [0.25, 0.3) is 0 Å². The molecule has 2 aliphatic heterocycles. The molecule has 2 aliphatic rings. The summed E-state index contributed by atoms with van der Waals surface area (Å²) in [6, 6.07) is 4.25. The fourth-order valence-electron chi connectivity index (χ4n) is 3.83. The molecule has 0 unspecified atom stereocenters. The quantitative estimate of drug-likeness (QED) is 0.788. The number of nitrogens with zero attached hydrogens (tertiary/aromatic N) is 2. The van der Waals surface area contributed by atoms with E-state index in [0.29, 0.717) is 32.7 Å². The Kier molecular flexibility index (Phi) is 4.65. The monoisotopic (exact) mass is 399 g/mol. The molecule has 0 fully saturated rings. The number of Topliss-reactive ketones (excluding diaryl/α,β-unsaturated/α-hetero) is 1. The van der Waals surface area contributed by atoms with Gasteiger partial charge in [-0.05, 0) is 44.5 Å². The van der Waals surface area contributed by atoms with Gasteiger partial charge in [0.2, 0.25) is 12.5 Å². The SMILES string of the molecule is COc1c2c(cc3c1[C@@H](Nc1sc(C(C)=O)c(C)c1C#N)N(C)CC3)OCO2. The number of fused-ring (bicyclic) bond motifs is 2. The molecule has 0 saturated heterocycles. The van der Waals surface area contributed by atoms with Gasteiger partial charge in [-0.15, -0.1) is 11.3 Å². The second-order valence-electron chi connectivity index (χ2n) is 6.92. The van der Waals surface area contributed by atoms with Crippen molar-refractivity contribution < 1.29 is 19.0 Å². The van der Waals surface area contributed by atoms with Gasteiger partial charge in [-0.3, -0.25) is 9.69 Å². The summed E-state index contributed by atoms with van der Waals surface area (Å²) in [7, 11) is 3.64. The summed E-state index contributed by atoms with van der Waals surface area (Å²) in [4.78, 5) is 14.7. The highest BCUT2D eigenvalue weighted by Crippen LogP contribution is 2.50. The molecule has 0 radical (unpaired) electrons. The van der Waals surface area contributed by atoms with Crippen molar-refractivity contribution in [1.29, 1.82) is 5.26 Å². The van der Waals surface area contributed by atoms with Crippen LogP contribution in [0.2, 0.25) is 0 Å². The zero-order valence-corrected chi connectivity index (χ0v) is 17.0. The summed E-state index contributed by atoms with van der Waals surface area (Å²) in [5, 5.41) is 13.8. The Labute approximate surface area is 167 Å². The highest BCUT2D eigenvalue weighted by atomic mass is 32.1. The Hall–Kier alpha value is -2.76. The largest absolute Gasteiger partial charge is 0.492 e.